The van der Waals surface area contributed by atoms with E-state index in [1.54, 1.807) is 12.1 Å². The van der Waals surface area contributed by atoms with Crippen LogP contribution in [0, 0.1) is 6.92 Å². The van der Waals surface area contributed by atoms with E-state index < -0.39 is 10.8 Å². The van der Waals surface area contributed by atoms with E-state index in [4.69, 9.17) is 27.9 Å². The van der Waals surface area contributed by atoms with Gasteiger partial charge in [-0.25, -0.2) is 4.79 Å². The van der Waals surface area contributed by atoms with Crippen LogP contribution >= 0.6 is 23.2 Å². The van der Waals surface area contributed by atoms with Crippen LogP contribution in [0.5, 0.6) is 5.75 Å². The average Bonchev–Trinajstić information content (AvgIpc) is 2.08. The molecule has 0 amide bonds. The molecule has 0 aliphatic carbocycles. The number of alkyl halides is 2. The summed E-state index contributed by atoms with van der Waals surface area (Å²) < 4.78 is 4.83. The largest absolute Gasteiger partial charge is 0.425 e. The summed E-state index contributed by atoms with van der Waals surface area (Å²) in [6.07, 6.45) is 0. The van der Waals surface area contributed by atoms with Crippen molar-refractivity contribution in [3.63, 3.8) is 0 Å². The summed E-state index contributed by atoms with van der Waals surface area (Å²) in [5, 5.41) is 0. The second kappa shape index (κ2) is 4.49. The normalized spacial score (nSPS) is 10.2. The lowest BCUT2D eigenvalue weighted by Crippen LogP contribution is -2.15. The highest BCUT2D eigenvalue weighted by atomic mass is 35.5. The highest BCUT2D eigenvalue weighted by Gasteiger charge is 2.13. The fourth-order valence-electron chi connectivity index (χ4n) is 0.767. The number of esters is 1. The van der Waals surface area contributed by atoms with Crippen LogP contribution in [-0.4, -0.2) is 10.8 Å². The Labute approximate surface area is 86.4 Å². The maximum absolute atomic E-state index is 10.9. The minimum Gasteiger partial charge on any atom is -0.425 e. The van der Waals surface area contributed by atoms with Gasteiger partial charge in [-0.15, -0.1) is 0 Å². The van der Waals surface area contributed by atoms with Crippen LogP contribution in [0.3, 0.4) is 0 Å². The van der Waals surface area contributed by atoms with Gasteiger partial charge in [-0.1, -0.05) is 40.9 Å². The number of ether oxygens (including phenoxy) is 1. The summed E-state index contributed by atoms with van der Waals surface area (Å²) in [5.74, 6) is -0.214. The molecule has 0 radical (unpaired) electrons. The Morgan fingerprint density at radius 2 is 1.85 bits per heavy atom. The second-order valence-corrected chi connectivity index (χ2v) is 3.63. The first-order valence-corrected chi connectivity index (χ1v) is 4.53. The minimum absolute atomic E-state index is 0.446. The quantitative estimate of drug-likeness (QED) is 0.434. The van der Waals surface area contributed by atoms with Gasteiger partial charge in [0.2, 0.25) is 4.84 Å². The molecule has 4 heteroatoms. The molecule has 1 rings (SSSR count). The molecule has 0 aromatic heterocycles. The average molecular weight is 219 g/mol. The fraction of sp³-hybridized carbons (Fsp3) is 0.222. The van der Waals surface area contributed by atoms with E-state index in [0.29, 0.717) is 5.75 Å². The van der Waals surface area contributed by atoms with E-state index >= 15 is 0 Å². The van der Waals surface area contributed by atoms with Crippen LogP contribution in [0.25, 0.3) is 0 Å². The molecule has 0 aliphatic heterocycles. The first-order valence-electron chi connectivity index (χ1n) is 3.66. The van der Waals surface area contributed by atoms with Crippen molar-refractivity contribution in [2.45, 2.75) is 11.8 Å². The smallest absolute Gasteiger partial charge is 0.344 e. The van der Waals surface area contributed by atoms with E-state index in [1.165, 1.54) is 0 Å². The summed E-state index contributed by atoms with van der Waals surface area (Å²) >= 11 is 10.6. The Morgan fingerprint density at radius 1 is 1.31 bits per heavy atom. The summed E-state index contributed by atoms with van der Waals surface area (Å²) in [6.45, 7) is 1.94. The highest BCUT2D eigenvalue weighted by molar-refractivity contribution is 6.53. The van der Waals surface area contributed by atoms with Gasteiger partial charge in [0.25, 0.3) is 0 Å². The van der Waals surface area contributed by atoms with Gasteiger partial charge >= 0.3 is 5.97 Å². The number of hydrogen-bond donors (Lipinski definition) is 0. The lowest BCUT2D eigenvalue weighted by atomic mass is 10.2. The molecular formula is C9H8Cl2O2. The molecule has 0 atom stereocenters. The van der Waals surface area contributed by atoms with Gasteiger partial charge in [0.15, 0.2) is 0 Å². The molecule has 1 aromatic rings. The van der Waals surface area contributed by atoms with Gasteiger partial charge < -0.3 is 4.74 Å². The molecule has 0 bridgehead atoms. The summed E-state index contributed by atoms with van der Waals surface area (Å²) in [6, 6.07) is 7.03. The van der Waals surface area contributed by atoms with Crippen molar-refractivity contribution in [1.29, 1.82) is 0 Å². The van der Waals surface area contributed by atoms with E-state index in [9.17, 15) is 4.79 Å². The molecule has 1 aromatic carbocycles. The Bertz CT molecular complexity index is 293. The number of hydrogen-bond acceptors (Lipinski definition) is 2. The standard InChI is InChI=1S/C9H8Cl2O2/c1-6-2-4-7(5-3-6)13-9(12)8(10)11/h2-5,8H,1H3. The van der Waals surface area contributed by atoms with Crippen molar-refractivity contribution >= 4 is 29.2 Å². The Morgan fingerprint density at radius 3 is 2.31 bits per heavy atom. The van der Waals surface area contributed by atoms with E-state index in [2.05, 4.69) is 0 Å². The molecule has 0 spiro atoms. The molecule has 13 heavy (non-hydrogen) atoms. The third-order valence-corrected chi connectivity index (χ3v) is 1.77. The zero-order chi connectivity index (χ0) is 9.84. The molecule has 0 unspecified atom stereocenters. The van der Waals surface area contributed by atoms with Crippen molar-refractivity contribution in [2.75, 3.05) is 0 Å². The number of aryl methyl sites for hydroxylation is 1. The fourth-order valence-corrected chi connectivity index (χ4v) is 0.856. The molecule has 0 fully saturated rings. The Kier molecular flexibility index (Phi) is 3.58. The first-order chi connectivity index (χ1) is 6.09. The van der Waals surface area contributed by atoms with Gasteiger partial charge in [-0.05, 0) is 19.1 Å². The first kappa shape index (κ1) is 10.4. The topological polar surface area (TPSA) is 26.3 Å². The number of carbonyl (C=O) groups excluding carboxylic acids is 1. The minimum atomic E-state index is -1.14. The number of halogens is 2. The Hall–Kier alpha value is -0.730. The third-order valence-electron chi connectivity index (χ3n) is 1.42. The Balaban J connectivity index is 2.65. The van der Waals surface area contributed by atoms with Crippen molar-refractivity contribution in [2.24, 2.45) is 0 Å². The summed E-state index contributed by atoms with van der Waals surface area (Å²) in [5.41, 5.74) is 1.09. The molecule has 0 heterocycles. The zero-order valence-electron chi connectivity index (χ0n) is 6.96. The van der Waals surface area contributed by atoms with Gasteiger partial charge in [0.05, 0.1) is 0 Å². The predicted octanol–water partition coefficient (Wildman–Crippen LogP) is 2.70. The lowest BCUT2D eigenvalue weighted by Gasteiger charge is -2.03. The van der Waals surface area contributed by atoms with Crippen molar-refractivity contribution in [3.8, 4) is 5.75 Å². The summed E-state index contributed by atoms with van der Waals surface area (Å²) in [7, 11) is 0. The molecule has 0 saturated heterocycles. The van der Waals surface area contributed by atoms with Crippen LogP contribution in [0.2, 0.25) is 0 Å². The molecule has 70 valence electrons. The predicted molar refractivity (Wildman–Crippen MR) is 52.3 cm³/mol. The number of benzene rings is 1. The van der Waals surface area contributed by atoms with Crippen LogP contribution in [-0.2, 0) is 4.79 Å². The molecular weight excluding hydrogens is 211 g/mol. The van der Waals surface area contributed by atoms with Gasteiger partial charge in [-0.2, -0.15) is 0 Å². The molecule has 0 N–H and O–H groups in total. The maximum atomic E-state index is 10.9. The van der Waals surface area contributed by atoms with Gasteiger partial charge in [-0.3, -0.25) is 0 Å². The zero-order valence-corrected chi connectivity index (χ0v) is 8.47. The van der Waals surface area contributed by atoms with Crippen LogP contribution < -0.4 is 4.74 Å². The van der Waals surface area contributed by atoms with Crippen LogP contribution in [0.1, 0.15) is 5.56 Å². The van der Waals surface area contributed by atoms with Crippen molar-refractivity contribution < 1.29 is 9.53 Å². The van der Waals surface area contributed by atoms with Crippen LogP contribution in [0.15, 0.2) is 24.3 Å². The van der Waals surface area contributed by atoms with E-state index in [-0.39, 0.29) is 0 Å². The van der Waals surface area contributed by atoms with Gasteiger partial charge in [0, 0.05) is 0 Å². The van der Waals surface area contributed by atoms with E-state index in [0.717, 1.165) is 5.56 Å². The van der Waals surface area contributed by atoms with Crippen molar-refractivity contribution in [1.82, 2.24) is 0 Å². The molecule has 0 aliphatic rings. The maximum Gasteiger partial charge on any atom is 0.344 e. The van der Waals surface area contributed by atoms with E-state index in [1.807, 2.05) is 19.1 Å². The molecule has 0 saturated carbocycles. The molecule has 2 nitrogen and oxygen atoms in total. The van der Waals surface area contributed by atoms with Crippen molar-refractivity contribution in [3.05, 3.63) is 29.8 Å². The number of carbonyl (C=O) groups is 1. The third kappa shape index (κ3) is 3.25. The summed E-state index contributed by atoms with van der Waals surface area (Å²) in [4.78, 5) is 9.77. The lowest BCUT2D eigenvalue weighted by molar-refractivity contribution is -0.132. The van der Waals surface area contributed by atoms with Crippen LogP contribution in [0.4, 0.5) is 0 Å². The highest BCUT2D eigenvalue weighted by Crippen LogP contribution is 2.14. The second-order valence-electron chi connectivity index (χ2n) is 2.53. The number of rotatable bonds is 2. The monoisotopic (exact) mass is 218 g/mol. The SMILES string of the molecule is Cc1ccc(OC(=O)C(Cl)Cl)cc1. The van der Waals surface area contributed by atoms with Gasteiger partial charge in [0.1, 0.15) is 5.75 Å².